The number of thioether (sulfide) groups is 1. The highest BCUT2D eigenvalue weighted by molar-refractivity contribution is 8.14. The van der Waals surface area contributed by atoms with Gasteiger partial charge in [0.1, 0.15) is 0 Å². The number of fused-ring (bicyclic) bond motifs is 1. The van der Waals surface area contributed by atoms with Crippen LogP contribution in [0.5, 0.6) is 0 Å². The molecule has 0 amide bonds. The van der Waals surface area contributed by atoms with E-state index in [1.807, 2.05) is 28.7 Å². The zero-order valence-electron chi connectivity index (χ0n) is 16.5. The van der Waals surface area contributed by atoms with Crippen molar-refractivity contribution in [2.24, 2.45) is 4.99 Å². The lowest BCUT2D eigenvalue weighted by Gasteiger charge is -2.36. The van der Waals surface area contributed by atoms with Crippen LogP contribution in [-0.2, 0) is 4.74 Å². The predicted molar refractivity (Wildman–Crippen MR) is 108 cm³/mol. The summed E-state index contributed by atoms with van der Waals surface area (Å²) in [6, 6.07) is 0.470. The summed E-state index contributed by atoms with van der Waals surface area (Å²) in [7, 11) is 0. The molecule has 27 heavy (non-hydrogen) atoms. The molecule has 2 aromatic heterocycles. The molecule has 4 heterocycles. The smallest absolute Gasteiger partial charge is 0.271 e. The van der Waals surface area contributed by atoms with Crippen LogP contribution in [0.4, 0.5) is 5.82 Å². The first-order valence-corrected chi connectivity index (χ1v) is 10.4. The fourth-order valence-electron chi connectivity index (χ4n) is 3.90. The summed E-state index contributed by atoms with van der Waals surface area (Å²) in [6.45, 7) is 11.1. The second kappa shape index (κ2) is 6.67. The zero-order chi connectivity index (χ0) is 19.3. The van der Waals surface area contributed by atoms with Crippen molar-refractivity contribution in [2.45, 2.75) is 70.4 Å². The monoisotopic (exact) mass is 389 g/mol. The van der Waals surface area contributed by atoms with Crippen molar-refractivity contribution in [3.05, 3.63) is 33.9 Å². The Balaban J connectivity index is 1.77. The average molecular weight is 390 g/mol. The number of aromatic nitrogens is 4. The highest BCUT2D eigenvalue weighted by Crippen LogP contribution is 2.45. The van der Waals surface area contributed by atoms with Crippen LogP contribution in [0.25, 0.3) is 0 Å². The van der Waals surface area contributed by atoms with Gasteiger partial charge in [0.2, 0.25) is 0 Å². The van der Waals surface area contributed by atoms with Crippen LogP contribution in [0, 0.1) is 0 Å². The first kappa shape index (κ1) is 18.6. The summed E-state index contributed by atoms with van der Waals surface area (Å²) in [5, 5.41) is 8.41. The van der Waals surface area contributed by atoms with Gasteiger partial charge in [-0.1, -0.05) is 11.8 Å². The Morgan fingerprint density at radius 1 is 1.41 bits per heavy atom. The van der Waals surface area contributed by atoms with Crippen LogP contribution in [0.3, 0.4) is 0 Å². The molecule has 2 aliphatic heterocycles. The summed E-state index contributed by atoms with van der Waals surface area (Å²) in [4.78, 5) is 17.7. The molecule has 7 nitrogen and oxygen atoms in total. The van der Waals surface area contributed by atoms with Crippen LogP contribution in [0.15, 0.2) is 22.2 Å². The normalized spacial score (nSPS) is 24.7. The standard InChI is InChI=1S/C19H27N5O2S/c1-11(2)23-10-13(9-20-23)16-15-17(21-12(3)27-16)24(22-18(15)25)14-6-7-26-19(4,5)8-14/h9-11,14,16H,6-8H2,1-5H3,(H,22,25)/t14-,16-/m1/s1. The Kier molecular flexibility index (Phi) is 4.58. The third-order valence-corrected chi connectivity index (χ3v) is 6.42. The fourth-order valence-corrected chi connectivity index (χ4v) is 4.97. The topological polar surface area (TPSA) is 77.2 Å². The van der Waals surface area contributed by atoms with Gasteiger partial charge in [-0.3, -0.25) is 19.3 Å². The van der Waals surface area contributed by atoms with Crippen molar-refractivity contribution in [2.75, 3.05) is 6.61 Å². The minimum Gasteiger partial charge on any atom is -0.375 e. The third kappa shape index (κ3) is 3.40. The van der Waals surface area contributed by atoms with E-state index in [1.54, 1.807) is 11.8 Å². The number of nitrogens with zero attached hydrogens (tertiary/aromatic N) is 4. The molecule has 0 saturated carbocycles. The molecule has 146 valence electrons. The molecule has 8 heteroatoms. The van der Waals surface area contributed by atoms with E-state index in [2.05, 4.69) is 37.9 Å². The van der Waals surface area contributed by atoms with Crippen LogP contribution >= 0.6 is 11.8 Å². The van der Waals surface area contributed by atoms with Crippen molar-refractivity contribution in [3.63, 3.8) is 0 Å². The Hall–Kier alpha value is -1.80. The molecule has 4 rings (SSSR count). The maximum absolute atomic E-state index is 12.9. The minimum absolute atomic E-state index is 0.0552. The molecule has 2 aromatic rings. The molecule has 2 aliphatic rings. The molecule has 0 aromatic carbocycles. The molecule has 2 atom stereocenters. The lowest BCUT2D eigenvalue weighted by molar-refractivity contribution is -0.0705. The largest absolute Gasteiger partial charge is 0.375 e. The van der Waals surface area contributed by atoms with Gasteiger partial charge in [0, 0.05) is 24.4 Å². The first-order chi connectivity index (χ1) is 12.7. The van der Waals surface area contributed by atoms with E-state index in [0.717, 1.165) is 34.8 Å². The Bertz CT molecular complexity index is 936. The maximum Gasteiger partial charge on any atom is 0.271 e. The lowest BCUT2D eigenvalue weighted by Crippen LogP contribution is -2.35. The molecule has 1 fully saturated rings. The Morgan fingerprint density at radius 3 is 2.85 bits per heavy atom. The van der Waals surface area contributed by atoms with Crippen molar-refractivity contribution in [3.8, 4) is 0 Å². The van der Waals surface area contributed by atoms with Gasteiger partial charge in [-0.15, -0.1) is 0 Å². The van der Waals surface area contributed by atoms with Gasteiger partial charge < -0.3 is 4.74 Å². The maximum atomic E-state index is 12.9. The highest BCUT2D eigenvalue weighted by Gasteiger charge is 2.36. The van der Waals surface area contributed by atoms with E-state index in [-0.39, 0.29) is 28.5 Å². The lowest BCUT2D eigenvalue weighted by atomic mass is 9.94. The van der Waals surface area contributed by atoms with Gasteiger partial charge in [-0.25, -0.2) is 4.99 Å². The average Bonchev–Trinajstić information content (AvgIpc) is 3.19. The van der Waals surface area contributed by atoms with Crippen LogP contribution in [-0.4, -0.2) is 36.8 Å². The molecular formula is C19H27N5O2S. The number of rotatable bonds is 3. The van der Waals surface area contributed by atoms with Crippen LogP contribution < -0.4 is 5.56 Å². The summed E-state index contributed by atoms with van der Waals surface area (Å²) in [5.74, 6) is 0.765. The summed E-state index contributed by atoms with van der Waals surface area (Å²) < 4.78 is 9.76. The zero-order valence-corrected chi connectivity index (χ0v) is 17.3. The number of hydrogen-bond acceptors (Lipinski definition) is 5. The predicted octanol–water partition coefficient (Wildman–Crippen LogP) is 3.97. The summed E-state index contributed by atoms with van der Waals surface area (Å²) >= 11 is 1.62. The van der Waals surface area contributed by atoms with E-state index >= 15 is 0 Å². The molecule has 0 aliphatic carbocycles. The van der Waals surface area contributed by atoms with Crippen molar-refractivity contribution in [1.29, 1.82) is 0 Å². The SMILES string of the molecule is CC1=Nc2c(c(=O)[nH]n2[C@@H]2CCOC(C)(C)C2)[C@@H](c2cnn(C(C)C)c2)S1. The Labute approximate surface area is 163 Å². The van der Waals surface area contributed by atoms with E-state index in [1.165, 1.54) is 0 Å². The number of hydrogen-bond donors (Lipinski definition) is 1. The van der Waals surface area contributed by atoms with Crippen molar-refractivity contribution in [1.82, 2.24) is 19.6 Å². The van der Waals surface area contributed by atoms with E-state index in [0.29, 0.717) is 6.61 Å². The fraction of sp³-hybridized carbons (Fsp3) is 0.632. The van der Waals surface area contributed by atoms with Gasteiger partial charge in [0.05, 0.1) is 33.7 Å². The van der Waals surface area contributed by atoms with Gasteiger partial charge >= 0.3 is 0 Å². The molecule has 0 radical (unpaired) electrons. The molecule has 0 bridgehead atoms. The van der Waals surface area contributed by atoms with E-state index in [9.17, 15) is 4.79 Å². The highest BCUT2D eigenvalue weighted by atomic mass is 32.2. The number of ether oxygens (including phenoxy) is 1. The second-order valence-electron chi connectivity index (χ2n) is 8.28. The molecule has 0 spiro atoms. The van der Waals surface area contributed by atoms with Gasteiger partial charge in [-0.2, -0.15) is 5.10 Å². The van der Waals surface area contributed by atoms with Crippen molar-refractivity contribution < 1.29 is 4.74 Å². The molecule has 1 saturated heterocycles. The number of aromatic amines is 1. The molecular weight excluding hydrogens is 362 g/mol. The summed E-state index contributed by atoms with van der Waals surface area (Å²) in [5.41, 5.74) is 1.52. The van der Waals surface area contributed by atoms with Gasteiger partial charge in [0.25, 0.3) is 5.56 Å². The van der Waals surface area contributed by atoms with Gasteiger partial charge in [0.15, 0.2) is 5.82 Å². The molecule has 0 unspecified atom stereocenters. The quantitative estimate of drug-likeness (QED) is 0.862. The second-order valence-corrected chi connectivity index (χ2v) is 9.58. The molecule has 1 N–H and O–H groups in total. The van der Waals surface area contributed by atoms with E-state index in [4.69, 9.17) is 9.73 Å². The summed E-state index contributed by atoms with van der Waals surface area (Å²) in [6.07, 6.45) is 5.63. The number of H-pyrrole nitrogens is 1. The minimum atomic E-state index is -0.197. The van der Waals surface area contributed by atoms with E-state index < -0.39 is 0 Å². The van der Waals surface area contributed by atoms with Crippen LogP contribution in [0.2, 0.25) is 0 Å². The number of aliphatic imine (C=N–C) groups is 1. The first-order valence-electron chi connectivity index (χ1n) is 9.49. The Morgan fingerprint density at radius 2 is 2.19 bits per heavy atom. The van der Waals surface area contributed by atoms with Crippen LogP contribution in [0.1, 0.15) is 75.9 Å². The van der Waals surface area contributed by atoms with Crippen molar-refractivity contribution >= 4 is 22.6 Å². The number of nitrogens with one attached hydrogen (secondary N) is 1. The van der Waals surface area contributed by atoms with Gasteiger partial charge in [-0.05, 0) is 47.5 Å². The third-order valence-electron chi connectivity index (χ3n) is 5.24.